The van der Waals surface area contributed by atoms with Crippen LogP contribution in [-0.4, -0.2) is 19.3 Å². The molecule has 2 nitrogen and oxygen atoms in total. The zero-order valence-electron chi connectivity index (χ0n) is 24.7. The normalized spacial score (nSPS) is 12.2. The summed E-state index contributed by atoms with van der Waals surface area (Å²) in [6, 6.07) is 0. The molecule has 0 aliphatic rings. The van der Waals surface area contributed by atoms with E-state index in [9.17, 15) is 0 Å². The molecule has 0 aliphatic heterocycles. The van der Waals surface area contributed by atoms with Crippen LogP contribution in [0.2, 0.25) is 0 Å². The highest BCUT2D eigenvalue weighted by Crippen LogP contribution is 2.19. The lowest BCUT2D eigenvalue weighted by atomic mass is 10.0. The number of hydrogen-bond acceptors (Lipinski definition) is 2. The van der Waals surface area contributed by atoms with Gasteiger partial charge in [-0.15, -0.1) is 0 Å². The summed E-state index contributed by atoms with van der Waals surface area (Å²) >= 11 is 0. The Bertz CT molecular complexity index is 406. The minimum atomic E-state index is 0.0914. The number of ether oxygens (including phenoxy) is 2. The minimum absolute atomic E-state index is 0.0914. The Balaban J connectivity index is 4.00. The van der Waals surface area contributed by atoms with Crippen molar-refractivity contribution < 1.29 is 9.47 Å². The summed E-state index contributed by atoms with van der Waals surface area (Å²) in [6.07, 6.45) is 33.5. The van der Waals surface area contributed by atoms with Gasteiger partial charge in [-0.3, -0.25) is 0 Å². The maximum absolute atomic E-state index is 6.32. The van der Waals surface area contributed by atoms with Crippen LogP contribution in [0.1, 0.15) is 181 Å². The van der Waals surface area contributed by atoms with Crippen molar-refractivity contribution in [3.8, 4) is 0 Å². The predicted molar refractivity (Wildman–Crippen MR) is 157 cm³/mol. The Morgan fingerprint density at radius 3 is 1.23 bits per heavy atom. The van der Waals surface area contributed by atoms with Crippen LogP contribution in [-0.2, 0) is 9.47 Å². The second kappa shape index (κ2) is 29.7. The third-order valence-corrected chi connectivity index (χ3v) is 7.28. The second-order valence-electron chi connectivity index (χ2n) is 10.9. The Labute approximate surface area is 222 Å². The van der Waals surface area contributed by atoms with E-state index in [2.05, 4.69) is 27.4 Å². The summed E-state index contributed by atoms with van der Waals surface area (Å²) in [5.74, 6) is 0.882. The van der Waals surface area contributed by atoms with Crippen molar-refractivity contribution in [3.05, 3.63) is 12.3 Å². The van der Waals surface area contributed by atoms with E-state index in [0.717, 1.165) is 31.8 Å². The van der Waals surface area contributed by atoms with Gasteiger partial charge in [-0.25, -0.2) is 0 Å². The fourth-order valence-corrected chi connectivity index (χ4v) is 4.79. The second-order valence-corrected chi connectivity index (χ2v) is 10.9. The highest BCUT2D eigenvalue weighted by Gasteiger charge is 2.14. The van der Waals surface area contributed by atoms with Crippen molar-refractivity contribution in [2.75, 3.05) is 13.2 Å². The molecule has 0 aromatic rings. The molecule has 1 unspecified atom stereocenters. The first kappa shape index (κ1) is 34.5. The lowest BCUT2D eigenvalue weighted by molar-refractivity contribution is 0.0213. The van der Waals surface area contributed by atoms with Crippen LogP contribution in [0.15, 0.2) is 12.3 Å². The SMILES string of the molecule is C=C(OCCCCCCC)C(CCCCCCCCCCC)OCCCCCCCCCCCC. The molecule has 2 heteroatoms. The van der Waals surface area contributed by atoms with E-state index >= 15 is 0 Å². The average Bonchev–Trinajstić information content (AvgIpc) is 2.86. The smallest absolute Gasteiger partial charge is 0.118 e. The first-order valence-electron chi connectivity index (χ1n) is 16.2. The molecule has 0 aromatic heterocycles. The van der Waals surface area contributed by atoms with E-state index in [0.29, 0.717) is 0 Å². The molecule has 0 saturated carbocycles. The molecule has 1 atom stereocenters. The van der Waals surface area contributed by atoms with E-state index < -0.39 is 0 Å². The molecule has 0 N–H and O–H groups in total. The molecule has 0 aromatic carbocycles. The number of rotatable bonds is 30. The van der Waals surface area contributed by atoms with E-state index in [1.165, 1.54) is 148 Å². The summed E-state index contributed by atoms with van der Waals surface area (Å²) in [7, 11) is 0. The molecular formula is C33H66O2. The maximum Gasteiger partial charge on any atom is 0.118 e. The van der Waals surface area contributed by atoms with E-state index in [4.69, 9.17) is 9.47 Å². The minimum Gasteiger partial charge on any atom is -0.496 e. The number of unbranched alkanes of at least 4 members (excludes halogenated alkanes) is 21. The van der Waals surface area contributed by atoms with Crippen LogP contribution in [0.4, 0.5) is 0 Å². The van der Waals surface area contributed by atoms with Gasteiger partial charge in [0.15, 0.2) is 0 Å². The van der Waals surface area contributed by atoms with Crippen LogP contribution >= 0.6 is 0 Å². The molecule has 0 saturated heterocycles. The van der Waals surface area contributed by atoms with Crippen molar-refractivity contribution in [2.45, 2.75) is 187 Å². The summed E-state index contributed by atoms with van der Waals surface area (Å²) in [5, 5.41) is 0. The van der Waals surface area contributed by atoms with E-state index in [-0.39, 0.29) is 6.10 Å². The monoisotopic (exact) mass is 495 g/mol. The molecule has 0 heterocycles. The third kappa shape index (κ3) is 26.4. The summed E-state index contributed by atoms with van der Waals surface area (Å²) < 4.78 is 12.4. The fraction of sp³-hybridized carbons (Fsp3) is 0.939. The molecule has 0 fully saturated rings. The van der Waals surface area contributed by atoms with E-state index in [1.54, 1.807) is 0 Å². The van der Waals surface area contributed by atoms with Gasteiger partial charge < -0.3 is 9.47 Å². The molecular weight excluding hydrogens is 428 g/mol. The van der Waals surface area contributed by atoms with Gasteiger partial charge >= 0.3 is 0 Å². The van der Waals surface area contributed by atoms with Crippen molar-refractivity contribution in [3.63, 3.8) is 0 Å². The zero-order chi connectivity index (χ0) is 25.7. The highest BCUT2D eigenvalue weighted by atomic mass is 16.5. The van der Waals surface area contributed by atoms with Gasteiger partial charge in [-0.05, 0) is 19.3 Å². The Morgan fingerprint density at radius 2 is 0.800 bits per heavy atom. The zero-order valence-corrected chi connectivity index (χ0v) is 24.7. The van der Waals surface area contributed by atoms with Gasteiger partial charge in [0.25, 0.3) is 0 Å². The molecule has 0 bridgehead atoms. The van der Waals surface area contributed by atoms with Gasteiger partial charge in [-0.1, -0.05) is 169 Å². The quantitative estimate of drug-likeness (QED) is 0.0730. The molecule has 0 amide bonds. The predicted octanol–water partition coefficient (Wildman–Crippen LogP) is 11.7. The molecule has 0 rings (SSSR count). The van der Waals surface area contributed by atoms with Gasteiger partial charge in [0.2, 0.25) is 0 Å². The largest absolute Gasteiger partial charge is 0.496 e. The van der Waals surface area contributed by atoms with Gasteiger partial charge in [0.1, 0.15) is 11.9 Å². The first-order chi connectivity index (χ1) is 17.3. The third-order valence-electron chi connectivity index (χ3n) is 7.28. The van der Waals surface area contributed by atoms with Gasteiger partial charge in [-0.2, -0.15) is 0 Å². The summed E-state index contributed by atoms with van der Waals surface area (Å²) in [4.78, 5) is 0. The van der Waals surface area contributed by atoms with Gasteiger partial charge in [0.05, 0.1) is 6.61 Å². The molecule has 0 aliphatic carbocycles. The number of hydrogen-bond donors (Lipinski definition) is 0. The highest BCUT2D eigenvalue weighted by molar-refractivity contribution is 4.93. The standard InChI is InChI=1S/C33H66O2/c1-5-8-11-14-16-18-20-22-25-28-31-35-33(32(4)34-30-27-24-13-10-7-3)29-26-23-21-19-17-15-12-9-6-2/h33H,4-31H2,1-3H3. The van der Waals surface area contributed by atoms with Gasteiger partial charge in [0, 0.05) is 6.61 Å². The molecule has 0 radical (unpaired) electrons. The van der Waals surface area contributed by atoms with Crippen LogP contribution in [0.3, 0.4) is 0 Å². The first-order valence-corrected chi connectivity index (χ1v) is 16.2. The Kier molecular flexibility index (Phi) is 29.3. The van der Waals surface area contributed by atoms with Crippen LogP contribution in [0, 0.1) is 0 Å². The van der Waals surface area contributed by atoms with Crippen molar-refractivity contribution >= 4 is 0 Å². The van der Waals surface area contributed by atoms with Crippen molar-refractivity contribution in [1.29, 1.82) is 0 Å². The van der Waals surface area contributed by atoms with Crippen molar-refractivity contribution in [1.82, 2.24) is 0 Å². The van der Waals surface area contributed by atoms with Crippen LogP contribution < -0.4 is 0 Å². The van der Waals surface area contributed by atoms with Crippen LogP contribution in [0.5, 0.6) is 0 Å². The fourth-order valence-electron chi connectivity index (χ4n) is 4.79. The maximum atomic E-state index is 6.32. The van der Waals surface area contributed by atoms with Crippen LogP contribution in [0.25, 0.3) is 0 Å². The topological polar surface area (TPSA) is 18.5 Å². The Morgan fingerprint density at radius 1 is 0.457 bits per heavy atom. The Hall–Kier alpha value is -0.500. The lowest BCUT2D eigenvalue weighted by Gasteiger charge is -2.21. The summed E-state index contributed by atoms with van der Waals surface area (Å²) in [6.45, 7) is 12.8. The molecule has 35 heavy (non-hydrogen) atoms. The average molecular weight is 495 g/mol. The van der Waals surface area contributed by atoms with Crippen molar-refractivity contribution in [2.24, 2.45) is 0 Å². The molecule has 210 valence electrons. The van der Waals surface area contributed by atoms with E-state index in [1.807, 2.05) is 0 Å². The molecule has 0 spiro atoms. The summed E-state index contributed by atoms with van der Waals surface area (Å²) in [5.41, 5.74) is 0. The lowest BCUT2D eigenvalue weighted by Crippen LogP contribution is -2.18.